The molecule has 0 saturated carbocycles. The van der Waals surface area contributed by atoms with Gasteiger partial charge in [0.05, 0.1) is 23.5 Å². The number of hydrogen-bond donors (Lipinski definition) is 0. The van der Waals surface area contributed by atoms with E-state index < -0.39 is 0 Å². The van der Waals surface area contributed by atoms with Crippen LogP contribution in [0.2, 0.25) is 0 Å². The zero-order valence-corrected chi connectivity index (χ0v) is 10.4. The van der Waals surface area contributed by atoms with E-state index in [2.05, 4.69) is 6.58 Å². The number of rotatable bonds is 5. The molecular formula is C9H18O2Si. The third kappa shape index (κ3) is 3.62. The molecule has 0 aromatic carbocycles. The lowest BCUT2D eigenvalue weighted by Gasteiger charge is -2.12. The Morgan fingerprint density at radius 3 is 2.08 bits per heavy atom. The largest absolute Gasteiger partial charge is 0.501 e. The molecule has 3 heteroatoms. The van der Waals surface area contributed by atoms with E-state index in [0.29, 0.717) is 13.2 Å². The van der Waals surface area contributed by atoms with Crippen LogP contribution in [0.15, 0.2) is 23.3 Å². The lowest BCUT2D eigenvalue weighted by Crippen LogP contribution is -2.02. The van der Waals surface area contributed by atoms with Crippen LogP contribution in [0.5, 0.6) is 0 Å². The molecule has 0 aromatic rings. The van der Waals surface area contributed by atoms with Gasteiger partial charge in [0.25, 0.3) is 0 Å². The molecule has 0 aliphatic heterocycles. The average molecular weight is 186 g/mol. The first-order valence-corrected chi connectivity index (χ1v) is 5.25. The van der Waals surface area contributed by atoms with Gasteiger partial charge >= 0.3 is 0 Å². The van der Waals surface area contributed by atoms with Gasteiger partial charge in [-0.15, -0.1) is 0 Å². The predicted molar refractivity (Wildman–Crippen MR) is 55.0 cm³/mol. The molecule has 12 heavy (non-hydrogen) atoms. The second-order valence-electron chi connectivity index (χ2n) is 2.53. The van der Waals surface area contributed by atoms with Crippen molar-refractivity contribution in [3.05, 3.63) is 23.3 Å². The molecule has 0 aliphatic carbocycles. The first-order chi connectivity index (χ1) is 5.63. The minimum absolute atomic E-state index is 0.668. The van der Waals surface area contributed by atoms with Crippen LogP contribution in [0.3, 0.4) is 0 Å². The Kier molecular flexibility index (Phi) is 5.54. The molecule has 0 amide bonds. The molecule has 0 atom stereocenters. The Morgan fingerprint density at radius 2 is 1.75 bits per heavy atom. The van der Waals surface area contributed by atoms with Crippen LogP contribution < -0.4 is 0 Å². The molecule has 0 bridgehead atoms. The maximum atomic E-state index is 5.41. The SMILES string of the molecule is C=C(C)C(OCC)=C([SiH3])OCC. The highest BCUT2D eigenvalue weighted by Crippen LogP contribution is 2.13. The molecule has 0 unspecified atom stereocenters. The second kappa shape index (κ2) is 5.89. The van der Waals surface area contributed by atoms with Gasteiger partial charge in [-0.1, -0.05) is 6.58 Å². The van der Waals surface area contributed by atoms with Gasteiger partial charge in [-0.2, -0.15) is 0 Å². The minimum atomic E-state index is 0.668. The van der Waals surface area contributed by atoms with Crippen LogP contribution in [0.25, 0.3) is 0 Å². The molecule has 2 nitrogen and oxygen atoms in total. The Morgan fingerprint density at radius 1 is 1.25 bits per heavy atom. The first kappa shape index (κ1) is 11.3. The second-order valence-corrected chi connectivity index (χ2v) is 3.44. The van der Waals surface area contributed by atoms with Crippen LogP contribution in [-0.4, -0.2) is 23.5 Å². The van der Waals surface area contributed by atoms with E-state index in [4.69, 9.17) is 9.47 Å². The van der Waals surface area contributed by atoms with Gasteiger partial charge in [0.1, 0.15) is 5.38 Å². The molecule has 70 valence electrons. The topological polar surface area (TPSA) is 18.5 Å². The quantitative estimate of drug-likeness (QED) is 0.364. The highest BCUT2D eigenvalue weighted by atomic mass is 28.1. The number of ether oxygens (including phenoxy) is 2. The van der Waals surface area contributed by atoms with Crippen LogP contribution in [0.4, 0.5) is 0 Å². The summed E-state index contributed by atoms with van der Waals surface area (Å²) in [5.41, 5.74) is 0.940. The Hall–Kier alpha value is -0.703. The molecule has 0 saturated heterocycles. The average Bonchev–Trinajstić information content (AvgIpc) is 1.99. The van der Waals surface area contributed by atoms with E-state index in [1.807, 2.05) is 20.8 Å². The summed E-state index contributed by atoms with van der Waals surface area (Å²) >= 11 is 0. The van der Waals surface area contributed by atoms with E-state index in [9.17, 15) is 0 Å². The maximum absolute atomic E-state index is 5.41. The molecule has 0 radical (unpaired) electrons. The monoisotopic (exact) mass is 186 g/mol. The first-order valence-electron chi connectivity index (χ1n) is 4.25. The van der Waals surface area contributed by atoms with Crippen LogP contribution in [-0.2, 0) is 9.47 Å². The highest BCUT2D eigenvalue weighted by Gasteiger charge is 2.04. The van der Waals surface area contributed by atoms with Crippen molar-refractivity contribution < 1.29 is 9.47 Å². The van der Waals surface area contributed by atoms with E-state index in [1.165, 1.54) is 0 Å². The summed E-state index contributed by atoms with van der Waals surface area (Å²) in [6, 6.07) is 0. The molecule has 0 aliphatic rings. The van der Waals surface area contributed by atoms with Crippen LogP contribution in [0, 0.1) is 0 Å². The number of hydrogen-bond acceptors (Lipinski definition) is 2. The Labute approximate surface area is 77.7 Å². The van der Waals surface area contributed by atoms with Gasteiger partial charge in [0.2, 0.25) is 0 Å². The summed E-state index contributed by atoms with van der Waals surface area (Å²) in [6.45, 7) is 11.1. The van der Waals surface area contributed by atoms with Crippen molar-refractivity contribution >= 4 is 10.2 Å². The van der Waals surface area contributed by atoms with Gasteiger partial charge in [-0.25, -0.2) is 0 Å². The van der Waals surface area contributed by atoms with Crippen molar-refractivity contribution in [1.82, 2.24) is 0 Å². The standard InChI is InChI=1S/C9H18O2Si/c1-5-10-8(7(3)4)9(12)11-6-2/h3,5-6H2,1-2,4,12H3. The zero-order valence-electron chi connectivity index (χ0n) is 8.44. The fraction of sp³-hybridized carbons (Fsp3) is 0.556. The van der Waals surface area contributed by atoms with Crippen molar-refractivity contribution in [2.45, 2.75) is 20.8 Å². The van der Waals surface area contributed by atoms with Crippen molar-refractivity contribution in [2.24, 2.45) is 0 Å². The summed E-state index contributed by atoms with van der Waals surface area (Å²) < 4.78 is 10.8. The van der Waals surface area contributed by atoms with Gasteiger partial charge in [-0.05, 0) is 26.3 Å². The van der Waals surface area contributed by atoms with Gasteiger partial charge in [0, 0.05) is 0 Å². The Balaban J connectivity index is 4.43. The highest BCUT2D eigenvalue weighted by molar-refractivity contribution is 6.20. The summed E-state index contributed by atoms with van der Waals surface area (Å²) in [6.07, 6.45) is 0. The van der Waals surface area contributed by atoms with Crippen molar-refractivity contribution in [3.63, 3.8) is 0 Å². The summed E-state index contributed by atoms with van der Waals surface area (Å²) in [7, 11) is 0.866. The van der Waals surface area contributed by atoms with Crippen LogP contribution >= 0.6 is 0 Å². The molecular weight excluding hydrogens is 168 g/mol. The van der Waals surface area contributed by atoms with E-state index in [1.54, 1.807) is 0 Å². The molecule has 0 N–H and O–H groups in total. The van der Waals surface area contributed by atoms with Gasteiger partial charge in [0.15, 0.2) is 5.76 Å². The summed E-state index contributed by atoms with van der Waals surface area (Å²) in [4.78, 5) is 0. The van der Waals surface area contributed by atoms with Gasteiger partial charge < -0.3 is 9.47 Å². The fourth-order valence-electron chi connectivity index (χ4n) is 0.952. The molecule has 0 aromatic heterocycles. The maximum Gasteiger partial charge on any atom is 0.152 e. The van der Waals surface area contributed by atoms with Gasteiger partial charge in [-0.3, -0.25) is 0 Å². The van der Waals surface area contributed by atoms with E-state index in [0.717, 1.165) is 27.0 Å². The lowest BCUT2D eigenvalue weighted by atomic mass is 10.3. The molecule has 0 rings (SSSR count). The summed E-state index contributed by atoms with van der Waals surface area (Å²) in [5, 5.41) is 0.951. The normalized spacial score (nSPS) is 12.2. The molecule has 0 heterocycles. The summed E-state index contributed by atoms with van der Waals surface area (Å²) in [5.74, 6) is 0.839. The Bertz CT molecular complexity index is 185. The smallest absolute Gasteiger partial charge is 0.152 e. The third-order valence-corrected chi connectivity index (χ3v) is 2.10. The lowest BCUT2D eigenvalue weighted by molar-refractivity contribution is 0.189. The molecule has 0 spiro atoms. The number of allylic oxidation sites excluding steroid dienone is 1. The third-order valence-electron chi connectivity index (χ3n) is 1.36. The predicted octanol–water partition coefficient (Wildman–Crippen LogP) is 1.17. The van der Waals surface area contributed by atoms with E-state index >= 15 is 0 Å². The van der Waals surface area contributed by atoms with Crippen molar-refractivity contribution in [2.75, 3.05) is 13.2 Å². The molecule has 0 fully saturated rings. The van der Waals surface area contributed by atoms with Crippen molar-refractivity contribution in [3.8, 4) is 0 Å². The van der Waals surface area contributed by atoms with Crippen LogP contribution in [0.1, 0.15) is 20.8 Å². The van der Waals surface area contributed by atoms with Crippen molar-refractivity contribution in [1.29, 1.82) is 0 Å². The zero-order chi connectivity index (χ0) is 9.56. The fourth-order valence-corrected chi connectivity index (χ4v) is 1.81. The minimum Gasteiger partial charge on any atom is -0.501 e. The van der Waals surface area contributed by atoms with E-state index in [-0.39, 0.29) is 0 Å².